The molecule has 1 amide bonds. The summed E-state index contributed by atoms with van der Waals surface area (Å²) in [6, 6.07) is 4.29. The highest BCUT2D eigenvalue weighted by molar-refractivity contribution is 8.00. The topological polar surface area (TPSA) is 61.9 Å². The van der Waals surface area contributed by atoms with Crippen LogP contribution < -0.4 is 4.90 Å². The van der Waals surface area contributed by atoms with Crippen LogP contribution in [-0.2, 0) is 4.79 Å². The van der Waals surface area contributed by atoms with Crippen LogP contribution >= 0.6 is 11.8 Å². The van der Waals surface area contributed by atoms with Gasteiger partial charge in [0.25, 0.3) is 0 Å². The molecule has 1 saturated heterocycles. The van der Waals surface area contributed by atoms with Gasteiger partial charge < -0.3 is 4.90 Å². The standard InChI is InChI=1S/C18H22N4OS/c1-10-8-11(2)15(12(3)9-10)22-7-6-14(17(22)23)24-18-19-16(20-21-18)13-4-5-13/h8-9,13-14H,4-7H2,1-3H3,(H,19,20,21)/t14-/m0/s1. The van der Waals surface area contributed by atoms with Crippen LogP contribution in [0.3, 0.4) is 0 Å². The molecule has 5 nitrogen and oxygen atoms in total. The first-order valence-electron chi connectivity index (χ1n) is 8.51. The number of aryl methyl sites for hydroxylation is 3. The van der Waals surface area contributed by atoms with Gasteiger partial charge in [0, 0.05) is 18.2 Å². The van der Waals surface area contributed by atoms with E-state index in [1.165, 1.54) is 41.3 Å². The number of thioether (sulfide) groups is 1. The van der Waals surface area contributed by atoms with Gasteiger partial charge in [0.1, 0.15) is 5.82 Å². The third-order valence-electron chi connectivity index (χ3n) is 4.76. The van der Waals surface area contributed by atoms with E-state index < -0.39 is 0 Å². The highest BCUT2D eigenvalue weighted by Crippen LogP contribution is 2.39. The number of H-pyrrole nitrogens is 1. The van der Waals surface area contributed by atoms with Gasteiger partial charge in [-0.25, -0.2) is 4.98 Å². The largest absolute Gasteiger partial charge is 0.311 e. The van der Waals surface area contributed by atoms with Crippen LogP contribution in [0, 0.1) is 20.8 Å². The van der Waals surface area contributed by atoms with E-state index in [0.717, 1.165) is 24.5 Å². The summed E-state index contributed by atoms with van der Waals surface area (Å²) in [4.78, 5) is 19.4. The zero-order chi connectivity index (χ0) is 16.8. The predicted octanol–water partition coefficient (Wildman–Crippen LogP) is 3.50. The lowest BCUT2D eigenvalue weighted by molar-refractivity contribution is -0.116. The Bertz CT molecular complexity index is 773. The molecule has 0 unspecified atom stereocenters. The van der Waals surface area contributed by atoms with Gasteiger partial charge in [-0.1, -0.05) is 29.5 Å². The fourth-order valence-corrected chi connectivity index (χ4v) is 4.52. The molecule has 1 N–H and O–H groups in total. The number of aromatic amines is 1. The van der Waals surface area contributed by atoms with Crippen LogP contribution in [0.2, 0.25) is 0 Å². The molecular formula is C18H22N4OS. The van der Waals surface area contributed by atoms with Gasteiger partial charge in [0.05, 0.1) is 5.25 Å². The monoisotopic (exact) mass is 342 g/mol. The number of amides is 1. The molecule has 24 heavy (non-hydrogen) atoms. The lowest BCUT2D eigenvalue weighted by Gasteiger charge is -2.22. The van der Waals surface area contributed by atoms with Gasteiger partial charge in [-0.15, -0.1) is 5.10 Å². The second kappa shape index (κ2) is 5.92. The van der Waals surface area contributed by atoms with E-state index in [9.17, 15) is 4.79 Å². The summed E-state index contributed by atoms with van der Waals surface area (Å²) in [5, 5.41) is 7.91. The molecule has 1 saturated carbocycles. The first-order chi connectivity index (χ1) is 11.5. The number of nitrogens with one attached hydrogen (secondary N) is 1. The van der Waals surface area contributed by atoms with E-state index in [4.69, 9.17) is 0 Å². The third kappa shape index (κ3) is 2.83. The van der Waals surface area contributed by atoms with E-state index in [-0.39, 0.29) is 11.2 Å². The maximum Gasteiger partial charge on any atom is 0.240 e. The number of rotatable bonds is 4. The van der Waals surface area contributed by atoms with Gasteiger partial charge in [0.15, 0.2) is 0 Å². The molecule has 6 heteroatoms. The number of carbonyl (C=O) groups excluding carboxylic acids is 1. The van der Waals surface area contributed by atoms with Gasteiger partial charge >= 0.3 is 0 Å². The van der Waals surface area contributed by atoms with Crippen molar-refractivity contribution < 1.29 is 4.79 Å². The minimum absolute atomic E-state index is 0.0899. The quantitative estimate of drug-likeness (QED) is 0.924. The fraction of sp³-hybridized carbons (Fsp3) is 0.500. The van der Waals surface area contributed by atoms with Crippen molar-refractivity contribution in [1.82, 2.24) is 15.2 Å². The Morgan fingerprint density at radius 2 is 1.88 bits per heavy atom. The Morgan fingerprint density at radius 3 is 2.54 bits per heavy atom. The maximum atomic E-state index is 12.9. The number of nitrogens with zero attached hydrogens (tertiary/aromatic N) is 3. The average Bonchev–Trinajstić information content (AvgIpc) is 3.18. The molecule has 1 aromatic heterocycles. The van der Waals surface area contributed by atoms with Crippen molar-refractivity contribution in [2.75, 3.05) is 11.4 Å². The van der Waals surface area contributed by atoms with E-state index in [1.807, 2.05) is 4.90 Å². The van der Waals surface area contributed by atoms with E-state index >= 15 is 0 Å². The van der Waals surface area contributed by atoms with Crippen molar-refractivity contribution in [1.29, 1.82) is 0 Å². The van der Waals surface area contributed by atoms with Gasteiger partial charge in [-0.2, -0.15) is 0 Å². The van der Waals surface area contributed by atoms with Crippen molar-refractivity contribution >= 4 is 23.4 Å². The zero-order valence-electron chi connectivity index (χ0n) is 14.3. The van der Waals surface area contributed by atoms with Crippen molar-refractivity contribution in [2.24, 2.45) is 0 Å². The molecule has 1 aliphatic heterocycles. The highest BCUT2D eigenvalue weighted by atomic mass is 32.2. The van der Waals surface area contributed by atoms with Crippen LogP contribution in [0.25, 0.3) is 0 Å². The highest BCUT2D eigenvalue weighted by Gasteiger charge is 2.36. The van der Waals surface area contributed by atoms with E-state index in [2.05, 4.69) is 48.1 Å². The first kappa shape index (κ1) is 15.7. The molecule has 0 bridgehead atoms. The Labute approximate surface area is 146 Å². The first-order valence-corrected chi connectivity index (χ1v) is 9.39. The number of hydrogen-bond donors (Lipinski definition) is 1. The molecule has 1 aliphatic carbocycles. The molecular weight excluding hydrogens is 320 g/mol. The normalized spacial score (nSPS) is 20.9. The minimum Gasteiger partial charge on any atom is -0.311 e. The zero-order valence-corrected chi connectivity index (χ0v) is 15.1. The second-order valence-corrected chi connectivity index (χ2v) is 8.08. The lowest BCUT2D eigenvalue weighted by atomic mass is 10.0. The molecule has 126 valence electrons. The van der Waals surface area contributed by atoms with E-state index in [1.54, 1.807) is 0 Å². The molecule has 4 rings (SSSR count). The van der Waals surface area contributed by atoms with Crippen LogP contribution in [0.4, 0.5) is 5.69 Å². The van der Waals surface area contributed by atoms with Crippen LogP contribution in [0.15, 0.2) is 17.3 Å². The molecule has 1 aromatic carbocycles. The molecule has 2 heterocycles. The number of anilines is 1. The Kier molecular flexibility index (Phi) is 3.87. The molecule has 0 spiro atoms. The van der Waals surface area contributed by atoms with Gasteiger partial charge in [-0.05, 0) is 51.2 Å². The number of benzene rings is 1. The van der Waals surface area contributed by atoms with Crippen molar-refractivity contribution in [3.63, 3.8) is 0 Å². The molecule has 2 aromatic rings. The molecule has 2 fully saturated rings. The van der Waals surface area contributed by atoms with Gasteiger partial charge in [0.2, 0.25) is 11.1 Å². The third-order valence-corrected chi connectivity index (χ3v) is 5.87. The second-order valence-electron chi connectivity index (χ2n) is 6.91. The van der Waals surface area contributed by atoms with Gasteiger partial charge in [-0.3, -0.25) is 9.89 Å². The average molecular weight is 342 g/mol. The Balaban J connectivity index is 1.51. The summed E-state index contributed by atoms with van der Waals surface area (Å²) in [7, 11) is 0. The molecule has 0 radical (unpaired) electrons. The summed E-state index contributed by atoms with van der Waals surface area (Å²) in [5.74, 6) is 1.71. The Hall–Kier alpha value is -1.82. The SMILES string of the molecule is Cc1cc(C)c(N2CC[C@H](Sc3n[nH]c(C4CC4)n3)C2=O)c(C)c1. The lowest BCUT2D eigenvalue weighted by Crippen LogP contribution is -2.29. The van der Waals surface area contributed by atoms with E-state index in [0.29, 0.717) is 11.1 Å². The number of carbonyl (C=O) groups is 1. The fourth-order valence-electron chi connectivity index (χ4n) is 3.56. The number of aromatic nitrogens is 3. The summed E-state index contributed by atoms with van der Waals surface area (Å²) >= 11 is 1.49. The smallest absolute Gasteiger partial charge is 0.240 e. The van der Waals surface area contributed by atoms with Crippen LogP contribution in [0.5, 0.6) is 0 Å². The minimum atomic E-state index is -0.0899. The summed E-state index contributed by atoms with van der Waals surface area (Å²) in [6.45, 7) is 7.02. The maximum absolute atomic E-state index is 12.9. The predicted molar refractivity (Wildman–Crippen MR) is 95.6 cm³/mol. The van der Waals surface area contributed by atoms with Crippen molar-refractivity contribution in [2.45, 2.75) is 56.4 Å². The molecule has 2 aliphatic rings. The summed E-state index contributed by atoms with van der Waals surface area (Å²) in [5.41, 5.74) is 4.64. The Morgan fingerprint density at radius 1 is 1.17 bits per heavy atom. The van der Waals surface area contributed by atoms with Crippen LogP contribution in [0.1, 0.15) is 47.7 Å². The van der Waals surface area contributed by atoms with Crippen molar-refractivity contribution in [3.05, 3.63) is 34.6 Å². The molecule has 1 atom stereocenters. The summed E-state index contributed by atoms with van der Waals surface area (Å²) in [6.07, 6.45) is 3.23. The summed E-state index contributed by atoms with van der Waals surface area (Å²) < 4.78 is 0. The van der Waals surface area contributed by atoms with Crippen molar-refractivity contribution in [3.8, 4) is 0 Å². The van der Waals surface area contributed by atoms with Crippen LogP contribution in [-0.4, -0.2) is 32.9 Å². The number of hydrogen-bond acceptors (Lipinski definition) is 4.